The lowest BCUT2D eigenvalue weighted by Crippen LogP contribution is -2.32. The normalized spacial score (nSPS) is 16.8. The van der Waals surface area contributed by atoms with Gasteiger partial charge in [0, 0.05) is 25.3 Å². The lowest BCUT2D eigenvalue weighted by molar-refractivity contribution is -0.139. The highest BCUT2D eigenvalue weighted by atomic mass is 19.4. The number of hydrogen-bond donors (Lipinski definition) is 1. The highest BCUT2D eigenvalue weighted by Gasteiger charge is 2.37. The van der Waals surface area contributed by atoms with Gasteiger partial charge in [-0.1, -0.05) is 37.2 Å². The van der Waals surface area contributed by atoms with E-state index in [0.29, 0.717) is 43.6 Å². The Morgan fingerprint density at radius 1 is 1.18 bits per heavy atom. The van der Waals surface area contributed by atoms with Gasteiger partial charge in [-0.05, 0) is 54.0 Å². The summed E-state index contributed by atoms with van der Waals surface area (Å²) in [6.45, 7) is 5.70. The molecule has 8 nitrogen and oxygen atoms in total. The molecule has 1 aliphatic rings. The summed E-state index contributed by atoms with van der Waals surface area (Å²) in [7, 11) is 1.54. The number of rotatable bonds is 10. The summed E-state index contributed by atoms with van der Waals surface area (Å²) >= 11 is 0. The Morgan fingerprint density at radius 2 is 1.88 bits per heavy atom. The first-order valence-corrected chi connectivity index (χ1v) is 12.9. The number of tetrazole rings is 1. The zero-order chi connectivity index (χ0) is 29.9. The van der Waals surface area contributed by atoms with Gasteiger partial charge in [-0.3, -0.25) is 4.79 Å². The number of allylic oxidation sites excluding steroid dienone is 1. The number of anilines is 2. The number of aromatic nitrogens is 4. The van der Waals surface area contributed by atoms with E-state index < -0.39 is 41.8 Å². The third-order valence-electron chi connectivity index (χ3n) is 6.92. The summed E-state index contributed by atoms with van der Waals surface area (Å²) < 4.78 is 80.1. The topological polar surface area (TPSA) is 87.4 Å². The van der Waals surface area contributed by atoms with Crippen molar-refractivity contribution in [2.75, 3.05) is 29.4 Å². The number of carbonyl (C=O) groups is 1. The molecule has 222 valence electrons. The van der Waals surface area contributed by atoms with Crippen LogP contribution in [0.1, 0.15) is 68.7 Å². The van der Waals surface area contributed by atoms with Gasteiger partial charge < -0.3 is 14.9 Å². The van der Waals surface area contributed by atoms with Crippen LogP contribution in [0.5, 0.6) is 0 Å². The van der Waals surface area contributed by atoms with Crippen LogP contribution in [0.3, 0.4) is 0 Å². The number of alkyl halides is 6. The lowest BCUT2D eigenvalue weighted by Gasteiger charge is -2.33. The molecule has 0 amide bonds. The van der Waals surface area contributed by atoms with Crippen molar-refractivity contribution in [1.29, 1.82) is 0 Å². The van der Waals surface area contributed by atoms with Crippen molar-refractivity contribution in [2.24, 2.45) is 12.5 Å². The van der Waals surface area contributed by atoms with Gasteiger partial charge in [0.1, 0.15) is 0 Å². The van der Waals surface area contributed by atoms with E-state index in [0.717, 1.165) is 12.1 Å². The van der Waals surface area contributed by atoms with Crippen molar-refractivity contribution in [3.63, 3.8) is 0 Å². The average Bonchev–Trinajstić information content (AvgIpc) is 3.14. The highest BCUT2D eigenvalue weighted by Crippen LogP contribution is 2.43. The van der Waals surface area contributed by atoms with Gasteiger partial charge in [-0.2, -0.15) is 31.1 Å². The maximum Gasteiger partial charge on any atom is 0.416 e. The maximum absolute atomic E-state index is 14.0. The summed E-state index contributed by atoms with van der Waals surface area (Å²) in [4.78, 5) is 16.0. The Balaban J connectivity index is 2.07. The van der Waals surface area contributed by atoms with Crippen LogP contribution in [0.15, 0.2) is 24.3 Å². The molecule has 14 heteroatoms. The molecule has 1 N–H and O–H groups in total. The average molecular weight is 577 g/mol. The van der Waals surface area contributed by atoms with E-state index >= 15 is 0 Å². The minimum Gasteiger partial charge on any atom is -0.481 e. The van der Waals surface area contributed by atoms with Crippen molar-refractivity contribution in [3.05, 3.63) is 41.0 Å². The second-order valence-electron chi connectivity index (χ2n) is 10.9. The lowest BCUT2D eigenvalue weighted by atomic mass is 9.85. The molecule has 1 aromatic carbocycles. The molecule has 0 spiro atoms. The molecule has 1 atom stereocenters. The monoisotopic (exact) mass is 576 g/mol. The fourth-order valence-corrected chi connectivity index (χ4v) is 4.95. The number of nitrogens with zero attached hydrogens (tertiary/aromatic N) is 6. The molecule has 3 rings (SSSR count). The molecule has 0 saturated heterocycles. The molecule has 1 aliphatic heterocycles. The molecule has 2 heterocycles. The molecule has 0 aliphatic carbocycles. The van der Waals surface area contributed by atoms with E-state index in [9.17, 15) is 36.2 Å². The summed E-state index contributed by atoms with van der Waals surface area (Å²) in [5.41, 5.74) is -0.441. The molecular formula is C26H34F6N6O2. The molecule has 40 heavy (non-hydrogen) atoms. The first-order chi connectivity index (χ1) is 18.5. The van der Waals surface area contributed by atoms with E-state index in [-0.39, 0.29) is 24.5 Å². The van der Waals surface area contributed by atoms with Crippen LogP contribution in [0.25, 0.3) is 0 Å². The molecule has 1 aromatic heterocycles. The van der Waals surface area contributed by atoms with Crippen molar-refractivity contribution in [2.45, 2.75) is 71.3 Å². The van der Waals surface area contributed by atoms with Gasteiger partial charge in [0.2, 0.25) is 0 Å². The van der Waals surface area contributed by atoms with Gasteiger partial charge in [-0.25, -0.2) is 0 Å². The third-order valence-corrected chi connectivity index (χ3v) is 6.92. The zero-order valence-corrected chi connectivity index (χ0v) is 22.9. The standard InChI is InChI=1S/C26H34F6N6O2/c1-17-14-18-20(38(23-33-35-36(4)34-23)12-6-5-9-25(27,28)29)8-7-11-37(13-10-24(2,3)16-22(39)40)21(18)15-19(17)26(30,31)32/h5-6,14-15,20H,7-13,16H2,1-4H3,(H,39,40)/b6-5+. The number of hydrogen-bond acceptors (Lipinski definition) is 6. The summed E-state index contributed by atoms with van der Waals surface area (Å²) in [6, 6.07) is 2.05. The second kappa shape index (κ2) is 12.0. The number of fused-ring (bicyclic) bond motifs is 1. The van der Waals surface area contributed by atoms with Gasteiger partial charge in [0.05, 0.1) is 31.5 Å². The molecule has 0 radical (unpaired) electrons. The zero-order valence-electron chi connectivity index (χ0n) is 22.9. The van der Waals surface area contributed by atoms with Gasteiger partial charge in [0.25, 0.3) is 5.95 Å². The van der Waals surface area contributed by atoms with Gasteiger partial charge >= 0.3 is 18.3 Å². The minimum absolute atomic E-state index is 0.0163. The van der Waals surface area contributed by atoms with E-state index in [2.05, 4.69) is 15.4 Å². The Bertz CT molecular complexity index is 1210. The predicted octanol–water partition coefficient (Wildman–Crippen LogP) is 6.08. The Labute approximate surface area is 228 Å². The van der Waals surface area contributed by atoms with Gasteiger partial charge in [0.15, 0.2) is 0 Å². The molecule has 0 fully saturated rings. The number of aryl methyl sites for hydroxylation is 2. The summed E-state index contributed by atoms with van der Waals surface area (Å²) in [5, 5.41) is 21.4. The van der Waals surface area contributed by atoms with Crippen molar-refractivity contribution in [3.8, 4) is 0 Å². The van der Waals surface area contributed by atoms with Crippen molar-refractivity contribution >= 4 is 17.6 Å². The Morgan fingerprint density at radius 3 is 2.45 bits per heavy atom. The SMILES string of the molecule is Cc1cc2c(cc1C(F)(F)F)N(CCC(C)(C)CC(=O)O)CCCC2N(C/C=C/CC(F)(F)F)c1nnn(C)n1. The molecule has 0 saturated carbocycles. The number of carboxylic acids is 1. The van der Waals surface area contributed by atoms with E-state index in [1.54, 1.807) is 18.7 Å². The van der Waals surface area contributed by atoms with Crippen LogP contribution in [0, 0.1) is 12.3 Å². The smallest absolute Gasteiger partial charge is 0.416 e. The van der Waals surface area contributed by atoms with Crippen LogP contribution < -0.4 is 9.80 Å². The predicted molar refractivity (Wildman–Crippen MR) is 137 cm³/mol. The Kier molecular flexibility index (Phi) is 9.40. The van der Waals surface area contributed by atoms with E-state index in [1.165, 1.54) is 30.9 Å². The minimum atomic E-state index is -4.60. The quantitative estimate of drug-likeness (QED) is 0.271. The second-order valence-corrected chi connectivity index (χ2v) is 10.9. The largest absolute Gasteiger partial charge is 0.481 e. The number of halogens is 6. The summed E-state index contributed by atoms with van der Waals surface area (Å²) in [5.74, 6) is -0.814. The van der Waals surface area contributed by atoms with Crippen LogP contribution >= 0.6 is 0 Å². The van der Waals surface area contributed by atoms with Crippen LogP contribution in [0.2, 0.25) is 0 Å². The molecule has 0 bridgehead atoms. The van der Waals surface area contributed by atoms with Crippen LogP contribution in [0.4, 0.5) is 38.0 Å². The first-order valence-electron chi connectivity index (χ1n) is 12.9. The molecule has 2 aromatic rings. The molecule has 1 unspecified atom stereocenters. The fraction of sp³-hybridized carbons (Fsp3) is 0.615. The van der Waals surface area contributed by atoms with Crippen LogP contribution in [-0.4, -0.2) is 57.1 Å². The Hall–Kier alpha value is -3.32. The third kappa shape index (κ3) is 8.34. The molecular weight excluding hydrogens is 542 g/mol. The van der Waals surface area contributed by atoms with E-state index in [4.69, 9.17) is 0 Å². The van der Waals surface area contributed by atoms with Gasteiger partial charge in [-0.15, -0.1) is 5.10 Å². The summed E-state index contributed by atoms with van der Waals surface area (Å²) in [6.07, 6.45) is -6.39. The fourth-order valence-electron chi connectivity index (χ4n) is 4.95. The van der Waals surface area contributed by atoms with Crippen molar-refractivity contribution in [1.82, 2.24) is 20.2 Å². The first kappa shape index (κ1) is 31.2. The number of benzene rings is 1. The maximum atomic E-state index is 14.0. The highest BCUT2D eigenvalue weighted by molar-refractivity contribution is 5.67. The number of aliphatic carboxylic acids is 1. The van der Waals surface area contributed by atoms with E-state index in [1.807, 2.05) is 4.90 Å². The number of carboxylic acid groups (broad SMARTS) is 1. The van der Waals surface area contributed by atoms with Crippen molar-refractivity contribution < 1.29 is 36.2 Å². The van der Waals surface area contributed by atoms with Crippen LogP contribution in [-0.2, 0) is 18.0 Å².